The first-order chi connectivity index (χ1) is 20.4. The molecule has 230 valence electrons. The van der Waals surface area contributed by atoms with Gasteiger partial charge in [-0.25, -0.2) is 13.8 Å². The van der Waals surface area contributed by atoms with Crippen molar-refractivity contribution >= 4 is 34.1 Å². The van der Waals surface area contributed by atoms with Crippen molar-refractivity contribution in [1.29, 1.82) is 0 Å². The Kier molecular flexibility index (Phi) is 6.86. The molecule has 6 heterocycles. The molecule has 3 aromatic rings. The maximum Gasteiger partial charge on any atom is 0.418 e. The van der Waals surface area contributed by atoms with E-state index in [-0.39, 0.29) is 52.0 Å². The SMILES string of the molecule is Cc1cc(N)nc(-c2c(Cl)cc3c(N4C5CCC4CNC5)nc(OC[C@@]45CCCN4C[C@H](F)C5)nc3c2F)c1C(F)(F)F. The van der Waals surface area contributed by atoms with Crippen LogP contribution >= 0.6 is 11.6 Å². The van der Waals surface area contributed by atoms with Crippen LogP contribution in [0.4, 0.5) is 33.6 Å². The number of pyridine rings is 1. The first-order valence-corrected chi connectivity index (χ1v) is 14.9. The van der Waals surface area contributed by atoms with Crippen molar-refractivity contribution in [2.45, 2.75) is 69.0 Å². The van der Waals surface area contributed by atoms with Crippen LogP contribution in [0.3, 0.4) is 0 Å². The van der Waals surface area contributed by atoms with E-state index in [1.165, 1.54) is 13.0 Å². The van der Waals surface area contributed by atoms with Crippen molar-refractivity contribution in [3.05, 3.63) is 34.1 Å². The monoisotopic (exact) mass is 623 g/mol. The normalized spacial score (nSPS) is 27.3. The predicted molar refractivity (Wildman–Crippen MR) is 153 cm³/mol. The Morgan fingerprint density at radius 3 is 2.63 bits per heavy atom. The Labute approximate surface area is 249 Å². The lowest BCUT2D eigenvalue weighted by Crippen LogP contribution is -2.52. The highest BCUT2D eigenvalue weighted by Crippen LogP contribution is 2.46. The molecule has 2 aromatic heterocycles. The molecule has 7 rings (SSSR count). The molecule has 4 fully saturated rings. The molecule has 4 aliphatic rings. The van der Waals surface area contributed by atoms with E-state index in [0.29, 0.717) is 31.9 Å². The molecule has 43 heavy (non-hydrogen) atoms. The van der Waals surface area contributed by atoms with Gasteiger partial charge in [-0.2, -0.15) is 23.1 Å². The zero-order valence-corrected chi connectivity index (χ0v) is 24.2. The summed E-state index contributed by atoms with van der Waals surface area (Å²) in [4.78, 5) is 17.2. The van der Waals surface area contributed by atoms with Crippen molar-refractivity contribution in [3.8, 4) is 17.3 Å². The average Bonchev–Trinajstić information content (AvgIpc) is 3.52. The number of nitrogen functional groups attached to an aromatic ring is 1. The lowest BCUT2D eigenvalue weighted by atomic mass is 9.95. The molecule has 3 N–H and O–H groups in total. The van der Waals surface area contributed by atoms with Crippen LogP contribution in [-0.2, 0) is 6.18 Å². The van der Waals surface area contributed by atoms with Gasteiger partial charge in [0.1, 0.15) is 29.9 Å². The van der Waals surface area contributed by atoms with Crippen LogP contribution in [0.5, 0.6) is 6.01 Å². The first kappa shape index (κ1) is 28.7. The van der Waals surface area contributed by atoms with E-state index in [0.717, 1.165) is 38.3 Å². The Balaban J connectivity index is 1.40. The molecule has 1 aromatic carbocycles. The molecular formula is C29H31ClF5N7O. The number of anilines is 2. The number of nitrogens with zero attached hydrogens (tertiary/aromatic N) is 5. The summed E-state index contributed by atoms with van der Waals surface area (Å²) in [7, 11) is 0. The molecule has 4 saturated heterocycles. The number of rotatable bonds is 5. The van der Waals surface area contributed by atoms with Crippen LogP contribution in [0.25, 0.3) is 22.2 Å². The van der Waals surface area contributed by atoms with Crippen LogP contribution in [0, 0.1) is 12.7 Å². The molecule has 4 atom stereocenters. The fourth-order valence-corrected chi connectivity index (χ4v) is 7.93. The largest absolute Gasteiger partial charge is 0.461 e. The minimum absolute atomic E-state index is 0.0762. The van der Waals surface area contributed by atoms with Crippen LogP contribution in [0.15, 0.2) is 12.1 Å². The van der Waals surface area contributed by atoms with E-state index in [1.54, 1.807) is 0 Å². The predicted octanol–water partition coefficient (Wildman–Crippen LogP) is 5.29. The second-order valence-electron chi connectivity index (χ2n) is 12.2. The Morgan fingerprint density at radius 2 is 1.91 bits per heavy atom. The topological polar surface area (TPSA) is 92.4 Å². The van der Waals surface area contributed by atoms with E-state index in [1.807, 2.05) is 0 Å². The number of nitrogens with two attached hydrogens (primary N) is 1. The number of fused-ring (bicyclic) bond motifs is 4. The first-order valence-electron chi connectivity index (χ1n) is 14.5. The fraction of sp³-hybridized carbons (Fsp3) is 0.552. The van der Waals surface area contributed by atoms with Gasteiger partial charge in [0.2, 0.25) is 0 Å². The smallest absolute Gasteiger partial charge is 0.418 e. The average molecular weight is 624 g/mol. The minimum Gasteiger partial charge on any atom is -0.461 e. The Hall–Kier alpha value is -3.03. The van der Waals surface area contributed by atoms with Crippen LogP contribution in [-0.4, -0.2) is 76.4 Å². The molecule has 2 unspecified atom stereocenters. The third-order valence-corrected chi connectivity index (χ3v) is 9.75. The second-order valence-corrected chi connectivity index (χ2v) is 12.6. The van der Waals surface area contributed by atoms with E-state index in [2.05, 4.69) is 25.1 Å². The molecule has 2 bridgehead atoms. The van der Waals surface area contributed by atoms with Crippen LogP contribution in [0.1, 0.15) is 43.2 Å². The van der Waals surface area contributed by atoms with Gasteiger partial charge >= 0.3 is 12.2 Å². The summed E-state index contributed by atoms with van der Waals surface area (Å²) in [6, 6.07) is 2.52. The number of piperazine rings is 1. The lowest BCUT2D eigenvalue weighted by Gasteiger charge is -2.37. The van der Waals surface area contributed by atoms with Crippen LogP contribution < -0.4 is 20.7 Å². The number of aromatic nitrogens is 3. The number of halogens is 6. The highest BCUT2D eigenvalue weighted by molar-refractivity contribution is 6.34. The maximum atomic E-state index is 16.6. The third-order valence-electron chi connectivity index (χ3n) is 9.45. The van der Waals surface area contributed by atoms with E-state index in [9.17, 15) is 17.6 Å². The number of hydrogen-bond donors (Lipinski definition) is 2. The van der Waals surface area contributed by atoms with Crippen molar-refractivity contribution in [2.75, 3.05) is 43.4 Å². The summed E-state index contributed by atoms with van der Waals surface area (Å²) in [5, 5.41) is 3.39. The maximum absolute atomic E-state index is 16.6. The number of ether oxygens (including phenoxy) is 1. The number of nitrogens with one attached hydrogen (secondary N) is 1. The van der Waals surface area contributed by atoms with Gasteiger partial charge in [0, 0.05) is 43.5 Å². The Bertz CT molecular complexity index is 1590. The van der Waals surface area contributed by atoms with Gasteiger partial charge < -0.3 is 20.7 Å². The summed E-state index contributed by atoms with van der Waals surface area (Å²) in [6.07, 6.45) is -2.04. The molecule has 0 saturated carbocycles. The number of hydrogen-bond acceptors (Lipinski definition) is 8. The quantitative estimate of drug-likeness (QED) is 0.371. The number of benzene rings is 1. The molecule has 4 aliphatic heterocycles. The molecule has 0 aliphatic carbocycles. The number of alkyl halides is 4. The van der Waals surface area contributed by atoms with Crippen molar-refractivity contribution in [3.63, 3.8) is 0 Å². The zero-order chi connectivity index (χ0) is 30.3. The van der Waals surface area contributed by atoms with Crippen LogP contribution in [0.2, 0.25) is 5.02 Å². The molecular weight excluding hydrogens is 593 g/mol. The number of aryl methyl sites for hydroxylation is 1. The highest BCUT2D eigenvalue weighted by Gasteiger charge is 2.49. The van der Waals surface area contributed by atoms with Gasteiger partial charge in [0.05, 0.1) is 27.4 Å². The van der Waals surface area contributed by atoms with E-state index < -0.39 is 40.5 Å². The van der Waals surface area contributed by atoms with Gasteiger partial charge in [0.15, 0.2) is 5.82 Å². The summed E-state index contributed by atoms with van der Waals surface area (Å²) in [5.74, 6) is -0.875. The van der Waals surface area contributed by atoms with E-state index in [4.69, 9.17) is 27.1 Å². The zero-order valence-electron chi connectivity index (χ0n) is 23.4. The molecule has 8 nitrogen and oxygen atoms in total. The standard InChI is InChI=1S/C29H31ClF5N7O/c1-14-7-20(36)38-25(22(14)29(33,34)35)21-19(30)8-18-24(23(21)32)39-27(40-26(18)42-16-3-4-17(42)11-37-10-16)43-13-28-5-2-6-41(28)12-15(31)9-28/h7-8,15-17,37H,2-6,9-13H2,1H3,(H2,36,38)/t15-,16?,17?,28+/m1/s1. The molecule has 0 spiro atoms. The summed E-state index contributed by atoms with van der Waals surface area (Å²) < 4.78 is 79.8. The lowest BCUT2D eigenvalue weighted by molar-refractivity contribution is -0.137. The minimum atomic E-state index is -4.85. The molecule has 14 heteroatoms. The third kappa shape index (κ3) is 4.74. The summed E-state index contributed by atoms with van der Waals surface area (Å²) >= 11 is 6.58. The summed E-state index contributed by atoms with van der Waals surface area (Å²) in [5.41, 5.74) is 2.49. The summed E-state index contributed by atoms with van der Waals surface area (Å²) in [6.45, 7) is 3.85. The van der Waals surface area contributed by atoms with Gasteiger partial charge in [-0.05, 0) is 56.8 Å². The van der Waals surface area contributed by atoms with Crippen molar-refractivity contribution in [2.24, 2.45) is 0 Å². The molecule has 0 radical (unpaired) electrons. The second kappa shape index (κ2) is 10.3. The van der Waals surface area contributed by atoms with Gasteiger partial charge in [-0.15, -0.1) is 0 Å². The van der Waals surface area contributed by atoms with Gasteiger partial charge in [-0.1, -0.05) is 11.6 Å². The van der Waals surface area contributed by atoms with Crippen molar-refractivity contribution < 1.29 is 26.7 Å². The highest BCUT2D eigenvalue weighted by atomic mass is 35.5. The molecule has 0 amide bonds. The Morgan fingerprint density at radius 1 is 1.16 bits per heavy atom. The van der Waals surface area contributed by atoms with Gasteiger partial charge in [-0.3, -0.25) is 4.90 Å². The van der Waals surface area contributed by atoms with Gasteiger partial charge in [0.25, 0.3) is 0 Å². The van der Waals surface area contributed by atoms with E-state index >= 15 is 4.39 Å². The van der Waals surface area contributed by atoms with Crippen molar-refractivity contribution in [1.82, 2.24) is 25.2 Å². The fourth-order valence-electron chi connectivity index (χ4n) is 7.65.